The minimum atomic E-state index is 0.0503. The van der Waals surface area contributed by atoms with E-state index in [-0.39, 0.29) is 11.8 Å². The van der Waals surface area contributed by atoms with Crippen molar-refractivity contribution >= 4 is 22.8 Å². The molecule has 23 heavy (non-hydrogen) atoms. The number of carbonyl (C=O) groups is 1. The summed E-state index contributed by atoms with van der Waals surface area (Å²) in [6, 6.07) is 0. The van der Waals surface area contributed by atoms with Crippen molar-refractivity contribution in [2.45, 2.75) is 27.7 Å². The number of aromatic nitrogens is 4. The van der Waals surface area contributed by atoms with E-state index >= 15 is 0 Å². The lowest BCUT2D eigenvalue weighted by molar-refractivity contribution is -0.134. The van der Waals surface area contributed by atoms with Gasteiger partial charge in [-0.15, -0.1) is 0 Å². The van der Waals surface area contributed by atoms with Gasteiger partial charge in [-0.1, -0.05) is 13.8 Å². The van der Waals surface area contributed by atoms with Crippen molar-refractivity contribution in [2.75, 3.05) is 31.1 Å². The van der Waals surface area contributed by atoms with Gasteiger partial charge in [0.05, 0.1) is 5.69 Å². The van der Waals surface area contributed by atoms with Crippen LogP contribution in [0.25, 0.3) is 11.0 Å². The van der Waals surface area contributed by atoms with E-state index in [1.807, 2.05) is 44.3 Å². The second-order valence-corrected chi connectivity index (χ2v) is 6.47. The highest BCUT2D eigenvalue weighted by atomic mass is 16.2. The SMILES string of the molecule is Cc1nc(N2CCN(C(=O)C(C)C)CC2)c2c(n1)c(C)nn2C. The number of hydrogen-bond acceptors (Lipinski definition) is 5. The van der Waals surface area contributed by atoms with Crippen LogP contribution in [0, 0.1) is 19.8 Å². The van der Waals surface area contributed by atoms with Crippen LogP contribution in [0.3, 0.4) is 0 Å². The molecular formula is C16H24N6O. The van der Waals surface area contributed by atoms with Gasteiger partial charge in [-0.05, 0) is 13.8 Å². The van der Waals surface area contributed by atoms with Crippen LogP contribution in [0.5, 0.6) is 0 Å². The predicted octanol–water partition coefficient (Wildman–Crippen LogP) is 1.28. The van der Waals surface area contributed by atoms with Crippen molar-refractivity contribution in [3.05, 3.63) is 11.5 Å². The number of anilines is 1. The second kappa shape index (κ2) is 5.79. The van der Waals surface area contributed by atoms with Crippen molar-refractivity contribution in [3.8, 4) is 0 Å². The molecule has 1 aliphatic heterocycles. The van der Waals surface area contributed by atoms with E-state index in [0.717, 1.165) is 54.5 Å². The first kappa shape index (κ1) is 15.7. The minimum Gasteiger partial charge on any atom is -0.351 e. The Morgan fingerprint density at radius 2 is 1.74 bits per heavy atom. The molecule has 2 aromatic rings. The molecule has 0 bridgehead atoms. The van der Waals surface area contributed by atoms with E-state index in [0.29, 0.717) is 0 Å². The van der Waals surface area contributed by atoms with Gasteiger partial charge < -0.3 is 9.80 Å². The van der Waals surface area contributed by atoms with Crippen LogP contribution in [0.1, 0.15) is 25.4 Å². The zero-order valence-electron chi connectivity index (χ0n) is 14.5. The van der Waals surface area contributed by atoms with Crippen LogP contribution < -0.4 is 4.90 Å². The molecule has 7 heteroatoms. The molecule has 124 valence electrons. The van der Waals surface area contributed by atoms with E-state index in [1.54, 1.807) is 0 Å². The fourth-order valence-electron chi connectivity index (χ4n) is 3.15. The van der Waals surface area contributed by atoms with Crippen LogP contribution in [-0.2, 0) is 11.8 Å². The highest BCUT2D eigenvalue weighted by Gasteiger charge is 2.26. The van der Waals surface area contributed by atoms with Crippen LogP contribution in [0.4, 0.5) is 5.82 Å². The summed E-state index contributed by atoms with van der Waals surface area (Å²) in [6.45, 7) is 10.8. The van der Waals surface area contributed by atoms with Gasteiger partial charge in [-0.2, -0.15) is 5.10 Å². The van der Waals surface area contributed by atoms with E-state index in [9.17, 15) is 4.79 Å². The molecule has 1 aliphatic rings. The number of aryl methyl sites for hydroxylation is 3. The summed E-state index contributed by atoms with van der Waals surface area (Å²) in [5.74, 6) is 1.95. The first-order chi connectivity index (χ1) is 10.9. The summed E-state index contributed by atoms with van der Waals surface area (Å²) in [5, 5.41) is 4.48. The van der Waals surface area contributed by atoms with E-state index in [4.69, 9.17) is 0 Å². The molecule has 2 aromatic heterocycles. The molecule has 3 rings (SSSR count). The zero-order chi connectivity index (χ0) is 16.7. The van der Waals surface area contributed by atoms with Gasteiger partial charge in [0.25, 0.3) is 0 Å². The lowest BCUT2D eigenvalue weighted by Crippen LogP contribution is -2.50. The zero-order valence-corrected chi connectivity index (χ0v) is 14.5. The summed E-state index contributed by atoms with van der Waals surface area (Å²) in [6.07, 6.45) is 0. The lowest BCUT2D eigenvalue weighted by atomic mass is 10.1. The van der Waals surface area contributed by atoms with E-state index in [1.165, 1.54) is 0 Å². The Labute approximate surface area is 136 Å². The van der Waals surface area contributed by atoms with Gasteiger partial charge in [0.1, 0.15) is 16.9 Å². The molecule has 1 amide bonds. The van der Waals surface area contributed by atoms with E-state index < -0.39 is 0 Å². The predicted molar refractivity (Wildman–Crippen MR) is 89.4 cm³/mol. The van der Waals surface area contributed by atoms with Gasteiger partial charge in [-0.3, -0.25) is 9.48 Å². The Kier molecular flexibility index (Phi) is 3.95. The molecule has 0 radical (unpaired) electrons. The number of carbonyl (C=O) groups excluding carboxylic acids is 1. The second-order valence-electron chi connectivity index (χ2n) is 6.47. The van der Waals surface area contributed by atoms with Crippen LogP contribution in [-0.4, -0.2) is 56.7 Å². The monoisotopic (exact) mass is 316 g/mol. The summed E-state index contributed by atoms with van der Waals surface area (Å²) >= 11 is 0. The van der Waals surface area contributed by atoms with Gasteiger partial charge in [0.2, 0.25) is 5.91 Å². The van der Waals surface area contributed by atoms with Gasteiger partial charge in [0, 0.05) is 39.1 Å². The number of amides is 1. The average Bonchev–Trinajstić information content (AvgIpc) is 2.80. The molecule has 0 aliphatic carbocycles. The summed E-state index contributed by atoms with van der Waals surface area (Å²) in [7, 11) is 1.93. The average molecular weight is 316 g/mol. The first-order valence-corrected chi connectivity index (χ1v) is 8.10. The summed E-state index contributed by atoms with van der Waals surface area (Å²) in [4.78, 5) is 25.5. The number of rotatable bonds is 2. The topological polar surface area (TPSA) is 67.2 Å². The largest absolute Gasteiger partial charge is 0.351 e. The quantitative estimate of drug-likeness (QED) is 0.835. The maximum Gasteiger partial charge on any atom is 0.225 e. The Hall–Kier alpha value is -2.18. The Morgan fingerprint density at radius 3 is 2.35 bits per heavy atom. The molecule has 0 atom stereocenters. The number of nitrogens with zero attached hydrogens (tertiary/aromatic N) is 6. The highest BCUT2D eigenvalue weighted by Crippen LogP contribution is 2.26. The molecule has 0 saturated carbocycles. The number of fused-ring (bicyclic) bond motifs is 1. The molecule has 7 nitrogen and oxygen atoms in total. The van der Waals surface area contributed by atoms with Crippen molar-refractivity contribution in [1.29, 1.82) is 0 Å². The maximum atomic E-state index is 12.1. The van der Waals surface area contributed by atoms with Crippen molar-refractivity contribution in [2.24, 2.45) is 13.0 Å². The Morgan fingerprint density at radius 1 is 1.09 bits per heavy atom. The van der Waals surface area contributed by atoms with Crippen LogP contribution in [0.15, 0.2) is 0 Å². The molecule has 3 heterocycles. The third-order valence-electron chi connectivity index (χ3n) is 4.33. The third-order valence-corrected chi connectivity index (χ3v) is 4.33. The molecule has 0 spiro atoms. The summed E-state index contributed by atoms with van der Waals surface area (Å²) < 4.78 is 1.85. The Balaban J connectivity index is 1.89. The lowest BCUT2D eigenvalue weighted by Gasteiger charge is -2.36. The highest BCUT2D eigenvalue weighted by molar-refractivity contribution is 5.88. The normalized spacial score (nSPS) is 15.7. The molecule has 0 aromatic carbocycles. The van der Waals surface area contributed by atoms with Crippen molar-refractivity contribution in [1.82, 2.24) is 24.6 Å². The minimum absolute atomic E-state index is 0.0503. The maximum absolute atomic E-state index is 12.1. The standard InChI is InChI=1S/C16H24N6O/c1-10(2)16(23)22-8-6-21(7-9-22)15-14-13(17-12(4)18-15)11(3)19-20(14)5/h10H,6-9H2,1-5H3. The third kappa shape index (κ3) is 2.75. The smallest absolute Gasteiger partial charge is 0.225 e. The van der Waals surface area contributed by atoms with Crippen LogP contribution >= 0.6 is 0 Å². The van der Waals surface area contributed by atoms with Gasteiger partial charge >= 0.3 is 0 Å². The molecule has 1 fully saturated rings. The van der Waals surface area contributed by atoms with Gasteiger partial charge in [-0.25, -0.2) is 9.97 Å². The van der Waals surface area contributed by atoms with Crippen molar-refractivity contribution < 1.29 is 4.79 Å². The molecule has 0 N–H and O–H groups in total. The fraction of sp³-hybridized carbons (Fsp3) is 0.625. The first-order valence-electron chi connectivity index (χ1n) is 8.10. The molecular weight excluding hydrogens is 292 g/mol. The molecule has 0 unspecified atom stereocenters. The van der Waals surface area contributed by atoms with Crippen LogP contribution in [0.2, 0.25) is 0 Å². The fourth-order valence-corrected chi connectivity index (χ4v) is 3.15. The summed E-state index contributed by atoms with van der Waals surface area (Å²) in [5.41, 5.74) is 2.80. The van der Waals surface area contributed by atoms with E-state index in [2.05, 4.69) is 20.0 Å². The van der Waals surface area contributed by atoms with Crippen molar-refractivity contribution in [3.63, 3.8) is 0 Å². The number of hydrogen-bond donors (Lipinski definition) is 0. The number of piperazine rings is 1. The molecule has 1 saturated heterocycles. The van der Waals surface area contributed by atoms with Gasteiger partial charge in [0.15, 0.2) is 5.82 Å². The Bertz CT molecular complexity index is 743.